The molecule has 0 fully saturated rings. The molecule has 4 aromatic carbocycles. The van der Waals surface area contributed by atoms with Gasteiger partial charge in [-0.1, -0.05) is 54.3 Å². The van der Waals surface area contributed by atoms with Crippen LogP contribution < -0.4 is 0 Å². The summed E-state index contributed by atoms with van der Waals surface area (Å²) in [5.41, 5.74) is 4.57. The van der Waals surface area contributed by atoms with Gasteiger partial charge in [-0.05, 0) is 83.1 Å². The molecule has 0 aliphatic heterocycles. The summed E-state index contributed by atoms with van der Waals surface area (Å²) in [6.07, 6.45) is 2.53. The SMILES string of the molecule is COCCc1ccc(CCc2ccc(C#Cc3ccc4cc(F)ccc4c3)c(F)c2)cc1. The summed E-state index contributed by atoms with van der Waals surface area (Å²) in [7, 11) is 1.71. The van der Waals surface area contributed by atoms with E-state index in [0.717, 1.165) is 41.2 Å². The van der Waals surface area contributed by atoms with Gasteiger partial charge in [-0.3, -0.25) is 0 Å². The third kappa shape index (κ3) is 5.60. The average Bonchev–Trinajstić information content (AvgIpc) is 2.81. The van der Waals surface area contributed by atoms with Gasteiger partial charge in [-0.2, -0.15) is 0 Å². The van der Waals surface area contributed by atoms with Crippen LogP contribution in [-0.2, 0) is 24.0 Å². The van der Waals surface area contributed by atoms with E-state index in [9.17, 15) is 8.78 Å². The van der Waals surface area contributed by atoms with Crippen LogP contribution in [0.4, 0.5) is 8.78 Å². The van der Waals surface area contributed by atoms with Crippen molar-refractivity contribution in [3.8, 4) is 11.8 Å². The van der Waals surface area contributed by atoms with Crippen LogP contribution in [0.25, 0.3) is 10.8 Å². The molecule has 0 unspecified atom stereocenters. The van der Waals surface area contributed by atoms with Crippen LogP contribution in [0.15, 0.2) is 78.9 Å². The Morgan fingerprint density at radius 3 is 2.06 bits per heavy atom. The van der Waals surface area contributed by atoms with Crippen LogP contribution >= 0.6 is 0 Å². The smallest absolute Gasteiger partial charge is 0.139 e. The number of aryl methyl sites for hydroxylation is 2. The van der Waals surface area contributed by atoms with Crippen LogP contribution in [0.2, 0.25) is 0 Å². The van der Waals surface area contributed by atoms with E-state index in [-0.39, 0.29) is 11.6 Å². The zero-order valence-corrected chi connectivity index (χ0v) is 18.0. The predicted octanol–water partition coefficient (Wildman–Crippen LogP) is 6.49. The van der Waals surface area contributed by atoms with Crippen molar-refractivity contribution in [2.45, 2.75) is 19.3 Å². The van der Waals surface area contributed by atoms with Crippen molar-refractivity contribution in [1.29, 1.82) is 0 Å². The van der Waals surface area contributed by atoms with E-state index in [1.807, 2.05) is 24.3 Å². The summed E-state index contributed by atoms with van der Waals surface area (Å²) >= 11 is 0. The largest absolute Gasteiger partial charge is 0.384 e. The van der Waals surface area contributed by atoms with Crippen LogP contribution in [0.3, 0.4) is 0 Å². The lowest BCUT2D eigenvalue weighted by Gasteiger charge is -2.05. The van der Waals surface area contributed by atoms with Gasteiger partial charge in [0.05, 0.1) is 12.2 Å². The molecular formula is C29H24F2O. The van der Waals surface area contributed by atoms with Crippen molar-refractivity contribution >= 4 is 10.8 Å². The van der Waals surface area contributed by atoms with Gasteiger partial charge in [-0.15, -0.1) is 0 Å². The van der Waals surface area contributed by atoms with Gasteiger partial charge in [0.25, 0.3) is 0 Å². The van der Waals surface area contributed by atoms with Crippen molar-refractivity contribution in [2.75, 3.05) is 13.7 Å². The third-order valence-electron chi connectivity index (χ3n) is 5.50. The molecule has 0 amide bonds. The van der Waals surface area contributed by atoms with E-state index in [1.54, 1.807) is 25.3 Å². The van der Waals surface area contributed by atoms with Gasteiger partial charge in [0.1, 0.15) is 11.6 Å². The fraction of sp³-hybridized carbons (Fsp3) is 0.172. The number of hydrogen-bond donors (Lipinski definition) is 0. The molecule has 0 atom stereocenters. The molecule has 0 aliphatic carbocycles. The first kappa shape index (κ1) is 21.7. The van der Waals surface area contributed by atoms with Crippen molar-refractivity contribution in [3.05, 3.63) is 118 Å². The van der Waals surface area contributed by atoms with Crippen molar-refractivity contribution < 1.29 is 13.5 Å². The quantitative estimate of drug-likeness (QED) is 0.320. The minimum atomic E-state index is -0.312. The summed E-state index contributed by atoms with van der Waals surface area (Å²) in [5.74, 6) is 5.35. The number of fused-ring (bicyclic) bond motifs is 1. The van der Waals surface area contributed by atoms with Crippen molar-refractivity contribution in [3.63, 3.8) is 0 Å². The number of methoxy groups -OCH3 is 1. The third-order valence-corrected chi connectivity index (χ3v) is 5.50. The number of rotatable bonds is 6. The minimum Gasteiger partial charge on any atom is -0.384 e. The summed E-state index contributed by atoms with van der Waals surface area (Å²) in [6.45, 7) is 0.717. The summed E-state index contributed by atoms with van der Waals surface area (Å²) < 4.78 is 33.0. The zero-order valence-electron chi connectivity index (χ0n) is 18.0. The van der Waals surface area contributed by atoms with E-state index in [4.69, 9.17) is 4.74 Å². The van der Waals surface area contributed by atoms with Crippen LogP contribution in [0, 0.1) is 23.5 Å². The molecular weight excluding hydrogens is 402 g/mol. The summed E-state index contributed by atoms with van der Waals surface area (Å²) in [5, 5.41) is 1.72. The number of ether oxygens (including phenoxy) is 1. The van der Waals surface area contributed by atoms with E-state index in [2.05, 4.69) is 36.1 Å². The second kappa shape index (κ2) is 10.2. The maximum Gasteiger partial charge on any atom is 0.139 e. The van der Waals surface area contributed by atoms with E-state index < -0.39 is 0 Å². The lowest BCUT2D eigenvalue weighted by atomic mass is 10.0. The van der Waals surface area contributed by atoms with Crippen molar-refractivity contribution in [2.24, 2.45) is 0 Å². The van der Waals surface area contributed by atoms with Gasteiger partial charge in [0.2, 0.25) is 0 Å². The lowest BCUT2D eigenvalue weighted by Crippen LogP contribution is -1.96. The Kier molecular flexibility index (Phi) is 6.94. The molecule has 160 valence electrons. The van der Waals surface area contributed by atoms with Gasteiger partial charge in [0.15, 0.2) is 0 Å². The highest BCUT2D eigenvalue weighted by molar-refractivity contribution is 5.84. The Morgan fingerprint density at radius 1 is 0.656 bits per heavy atom. The van der Waals surface area contributed by atoms with Gasteiger partial charge >= 0.3 is 0 Å². The minimum absolute atomic E-state index is 0.266. The topological polar surface area (TPSA) is 9.23 Å². The summed E-state index contributed by atoms with van der Waals surface area (Å²) in [6, 6.07) is 23.9. The second-order valence-corrected chi connectivity index (χ2v) is 7.83. The average molecular weight is 427 g/mol. The first-order valence-corrected chi connectivity index (χ1v) is 10.7. The van der Waals surface area contributed by atoms with Crippen LogP contribution in [0.5, 0.6) is 0 Å². The van der Waals surface area contributed by atoms with Crippen LogP contribution in [-0.4, -0.2) is 13.7 Å². The monoisotopic (exact) mass is 426 g/mol. The molecule has 0 N–H and O–H groups in total. The normalized spacial score (nSPS) is 10.7. The molecule has 0 heterocycles. The molecule has 0 radical (unpaired) electrons. The molecule has 1 nitrogen and oxygen atoms in total. The summed E-state index contributed by atoms with van der Waals surface area (Å²) in [4.78, 5) is 0. The molecule has 4 rings (SSSR count). The molecule has 0 spiro atoms. The lowest BCUT2D eigenvalue weighted by molar-refractivity contribution is 0.202. The van der Waals surface area contributed by atoms with Crippen molar-refractivity contribution in [1.82, 2.24) is 0 Å². The highest BCUT2D eigenvalue weighted by Crippen LogP contribution is 2.18. The highest BCUT2D eigenvalue weighted by atomic mass is 19.1. The Hall–Kier alpha value is -3.48. The van der Waals surface area contributed by atoms with E-state index in [1.165, 1.54) is 23.3 Å². The standard InChI is InChI=1S/C29H24F2O/c1-32-17-16-22-4-2-21(3-5-22)6-7-24-9-12-25(29(31)19-24)11-8-23-10-13-27-20-28(30)15-14-26(27)18-23/h2-5,9-10,12-15,18-20H,6-7,16-17H2,1H3. The van der Waals surface area contributed by atoms with Gasteiger partial charge in [0, 0.05) is 12.7 Å². The second-order valence-electron chi connectivity index (χ2n) is 7.83. The first-order valence-electron chi connectivity index (χ1n) is 10.7. The maximum atomic E-state index is 14.6. The Bertz CT molecular complexity index is 1280. The van der Waals surface area contributed by atoms with E-state index in [0.29, 0.717) is 12.2 Å². The fourth-order valence-corrected chi connectivity index (χ4v) is 3.63. The molecule has 0 saturated carbocycles. The molecule has 0 aromatic heterocycles. The molecule has 32 heavy (non-hydrogen) atoms. The number of hydrogen-bond acceptors (Lipinski definition) is 1. The number of benzene rings is 4. The van der Waals surface area contributed by atoms with Gasteiger partial charge in [-0.25, -0.2) is 8.78 Å². The Morgan fingerprint density at radius 2 is 1.31 bits per heavy atom. The molecule has 4 aromatic rings. The van der Waals surface area contributed by atoms with E-state index >= 15 is 0 Å². The van der Waals surface area contributed by atoms with Gasteiger partial charge < -0.3 is 4.74 Å². The highest BCUT2D eigenvalue weighted by Gasteiger charge is 2.03. The first-order chi connectivity index (χ1) is 15.6. The molecule has 0 bridgehead atoms. The predicted molar refractivity (Wildman–Crippen MR) is 126 cm³/mol. The number of halogens is 2. The Labute approximate surface area is 187 Å². The molecule has 3 heteroatoms. The fourth-order valence-electron chi connectivity index (χ4n) is 3.63. The Balaban J connectivity index is 1.41. The molecule has 0 aliphatic rings. The maximum absolute atomic E-state index is 14.6. The zero-order chi connectivity index (χ0) is 22.3. The molecule has 0 saturated heterocycles. The van der Waals surface area contributed by atoms with Crippen LogP contribution in [0.1, 0.15) is 27.8 Å².